The lowest BCUT2D eigenvalue weighted by Crippen LogP contribution is -2.17. The maximum atomic E-state index is 10.5. The van der Waals surface area contributed by atoms with Gasteiger partial charge in [0.05, 0.1) is 4.92 Å². The second-order valence-corrected chi connectivity index (χ2v) is 4.28. The number of hydrogen-bond donors (Lipinski definition) is 1. The van der Waals surface area contributed by atoms with Crippen molar-refractivity contribution >= 4 is 5.69 Å². The molecule has 5 nitrogen and oxygen atoms in total. The number of nitrogens with zero attached hydrogens (tertiary/aromatic N) is 1. The van der Waals surface area contributed by atoms with E-state index in [1.54, 1.807) is 12.1 Å². The van der Waals surface area contributed by atoms with Crippen LogP contribution in [0.4, 0.5) is 5.69 Å². The Labute approximate surface area is 106 Å². The van der Waals surface area contributed by atoms with Gasteiger partial charge in [-0.2, -0.15) is 0 Å². The summed E-state index contributed by atoms with van der Waals surface area (Å²) in [5.41, 5.74) is 4.07. The van der Waals surface area contributed by atoms with Gasteiger partial charge in [0.2, 0.25) is 0 Å². The lowest BCUT2D eigenvalue weighted by Gasteiger charge is -2.10. The van der Waals surface area contributed by atoms with Gasteiger partial charge in [-0.05, 0) is 37.8 Å². The Kier molecular flexibility index (Phi) is 4.17. The first-order chi connectivity index (χ1) is 8.75. The molecule has 0 amide bonds. The average Bonchev–Trinajstić information content (AvgIpc) is 2.65. The number of nitro groups is 1. The summed E-state index contributed by atoms with van der Waals surface area (Å²) in [4.78, 5) is 15.5. The Balaban J connectivity index is 1.89. The minimum Gasteiger partial charge on any atom is -0.382 e. The molecular formula is C13H16N2O3. The summed E-state index contributed by atoms with van der Waals surface area (Å²) in [5.74, 6) is 0.575. The van der Waals surface area contributed by atoms with Crippen molar-refractivity contribution in [3.8, 4) is 5.75 Å². The molecule has 0 bridgehead atoms. The number of allylic oxidation sites excluding steroid dienone is 2. The molecule has 0 heterocycles. The van der Waals surface area contributed by atoms with E-state index in [4.69, 9.17) is 4.84 Å². The molecule has 0 saturated heterocycles. The van der Waals surface area contributed by atoms with E-state index in [0.717, 1.165) is 18.5 Å². The van der Waals surface area contributed by atoms with E-state index in [0.29, 0.717) is 5.75 Å². The van der Waals surface area contributed by atoms with Crippen molar-refractivity contribution in [2.75, 3.05) is 0 Å². The van der Waals surface area contributed by atoms with Crippen molar-refractivity contribution in [2.45, 2.75) is 32.1 Å². The van der Waals surface area contributed by atoms with Crippen LogP contribution < -0.4 is 10.3 Å². The number of benzene rings is 1. The van der Waals surface area contributed by atoms with Crippen LogP contribution in [0.25, 0.3) is 0 Å². The fourth-order valence-electron chi connectivity index (χ4n) is 1.87. The van der Waals surface area contributed by atoms with Crippen molar-refractivity contribution < 1.29 is 9.76 Å². The average molecular weight is 248 g/mol. The van der Waals surface area contributed by atoms with Crippen LogP contribution in [-0.2, 0) is 0 Å². The Morgan fingerprint density at radius 2 is 1.94 bits per heavy atom. The Morgan fingerprint density at radius 1 is 1.17 bits per heavy atom. The maximum Gasteiger partial charge on any atom is 0.269 e. The monoisotopic (exact) mass is 248 g/mol. The first-order valence-corrected chi connectivity index (χ1v) is 6.12. The molecule has 96 valence electrons. The van der Waals surface area contributed by atoms with Gasteiger partial charge in [0.25, 0.3) is 5.69 Å². The molecule has 1 N–H and O–H groups in total. The third kappa shape index (κ3) is 3.48. The third-order valence-electron chi connectivity index (χ3n) is 2.89. The summed E-state index contributed by atoms with van der Waals surface area (Å²) in [6, 6.07) is 6.03. The second kappa shape index (κ2) is 6.05. The Hall–Kier alpha value is -2.04. The summed E-state index contributed by atoms with van der Waals surface area (Å²) in [5, 5.41) is 10.5. The minimum absolute atomic E-state index is 0.0658. The standard InChI is InChI=1S/C13H16N2O3/c16-15(17)12-7-9-13(10-8-12)18-14-11-5-3-1-2-4-6-11/h5,7-10,14H,1-4,6H2. The molecule has 0 aliphatic heterocycles. The van der Waals surface area contributed by atoms with Crippen molar-refractivity contribution in [3.05, 3.63) is 46.2 Å². The van der Waals surface area contributed by atoms with Gasteiger partial charge in [0.15, 0.2) is 5.75 Å². The van der Waals surface area contributed by atoms with Crippen molar-refractivity contribution in [3.63, 3.8) is 0 Å². The molecule has 2 rings (SSSR count). The summed E-state index contributed by atoms with van der Waals surface area (Å²) >= 11 is 0. The number of nitro benzene ring substituents is 1. The molecule has 1 aliphatic carbocycles. The highest BCUT2D eigenvalue weighted by atomic mass is 16.6. The lowest BCUT2D eigenvalue weighted by molar-refractivity contribution is -0.384. The van der Waals surface area contributed by atoms with Crippen LogP contribution in [0.2, 0.25) is 0 Å². The van der Waals surface area contributed by atoms with Crippen molar-refractivity contribution in [1.82, 2.24) is 5.48 Å². The zero-order valence-corrected chi connectivity index (χ0v) is 10.1. The first kappa shape index (κ1) is 12.4. The molecule has 0 radical (unpaired) electrons. The molecule has 0 atom stereocenters. The highest BCUT2D eigenvalue weighted by Gasteiger charge is 2.06. The van der Waals surface area contributed by atoms with Crippen molar-refractivity contribution in [2.24, 2.45) is 0 Å². The zero-order chi connectivity index (χ0) is 12.8. The molecule has 1 aliphatic rings. The maximum absolute atomic E-state index is 10.5. The Morgan fingerprint density at radius 3 is 2.67 bits per heavy atom. The van der Waals surface area contributed by atoms with E-state index in [1.807, 2.05) is 0 Å². The second-order valence-electron chi connectivity index (χ2n) is 4.28. The predicted octanol–water partition coefficient (Wildman–Crippen LogP) is 3.33. The highest BCUT2D eigenvalue weighted by molar-refractivity contribution is 5.35. The van der Waals surface area contributed by atoms with Crippen LogP contribution in [0.3, 0.4) is 0 Å². The molecule has 0 spiro atoms. The van der Waals surface area contributed by atoms with Crippen LogP contribution in [-0.4, -0.2) is 4.92 Å². The largest absolute Gasteiger partial charge is 0.382 e. The number of rotatable bonds is 4. The number of hydroxylamine groups is 1. The summed E-state index contributed by atoms with van der Waals surface area (Å²) in [6.45, 7) is 0. The summed E-state index contributed by atoms with van der Waals surface area (Å²) in [7, 11) is 0. The van der Waals surface area contributed by atoms with Gasteiger partial charge in [0, 0.05) is 17.8 Å². The van der Waals surface area contributed by atoms with Crippen LogP contribution >= 0.6 is 0 Å². The molecular weight excluding hydrogens is 232 g/mol. The molecule has 0 unspecified atom stereocenters. The SMILES string of the molecule is O=[N+]([O-])c1ccc(ONC2=CCCCCC2)cc1. The quantitative estimate of drug-likeness (QED) is 0.655. The van der Waals surface area contributed by atoms with Gasteiger partial charge >= 0.3 is 0 Å². The van der Waals surface area contributed by atoms with E-state index in [9.17, 15) is 10.1 Å². The van der Waals surface area contributed by atoms with E-state index < -0.39 is 4.92 Å². The lowest BCUT2D eigenvalue weighted by atomic mass is 10.2. The molecule has 0 saturated carbocycles. The van der Waals surface area contributed by atoms with Crippen molar-refractivity contribution in [1.29, 1.82) is 0 Å². The van der Waals surface area contributed by atoms with Gasteiger partial charge in [0.1, 0.15) is 0 Å². The van der Waals surface area contributed by atoms with E-state index >= 15 is 0 Å². The van der Waals surface area contributed by atoms with Crippen LogP contribution in [0, 0.1) is 10.1 Å². The molecule has 1 aromatic carbocycles. The molecule has 18 heavy (non-hydrogen) atoms. The summed E-state index contributed by atoms with van der Waals surface area (Å²) in [6.07, 6.45) is 7.86. The van der Waals surface area contributed by atoms with Crippen LogP contribution in [0.15, 0.2) is 36.0 Å². The van der Waals surface area contributed by atoms with Gasteiger partial charge in [-0.1, -0.05) is 12.5 Å². The topological polar surface area (TPSA) is 64.4 Å². The molecule has 0 fully saturated rings. The van der Waals surface area contributed by atoms with Crippen LogP contribution in [0.1, 0.15) is 32.1 Å². The number of nitrogens with one attached hydrogen (secondary N) is 1. The third-order valence-corrected chi connectivity index (χ3v) is 2.89. The van der Waals surface area contributed by atoms with Gasteiger partial charge in [-0.15, -0.1) is 0 Å². The normalized spacial score (nSPS) is 15.4. The van der Waals surface area contributed by atoms with Gasteiger partial charge in [-0.3, -0.25) is 10.1 Å². The fraction of sp³-hybridized carbons (Fsp3) is 0.385. The number of hydrogen-bond acceptors (Lipinski definition) is 4. The van der Waals surface area contributed by atoms with Crippen LogP contribution in [0.5, 0.6) is 5.75 Å². The van der Waals surface area contributed by atoms with E-state index in [2.05, 4.69) is 11.6 Å². The zero-order valence-electron chi connectivity index (χ0n) is 10.1. The summed E-state index contributed by atoms with van der Waals surface area (Å²) < 4.78 is 0. The molecule has 5 heteroatoms. The molecule has 0 aromatic heterocycles. The minimum atomic E-state index is -0.426. The Bertz CT molecular complexity index is 440. The van der Waals surface area contributed by atoms with Gasteiger partial charge in [-0.25, -0.2) is 5.48 Å². The highest BCUT2D eigenvalue weighted by Crippen LogP contribution is 2.18. The van der Waals surface area contributed by atoms with E-state index in [1.165, 1.54) is 31.4 Å². The predicted molar refractivity (Wildman–Crippen MR) is 68.0 cm³/mol. The molecule has 1 aromatic rings. The first-order valence-electron chi connectivity index (χ1n) is 6.12. The van der Waals surface area contributed by atoms with Gasteiger partial charge < -0.3 is 4.84 Å². The van der Waals surface area contributed by atoms with E-state index in [-0.39, 0.29) is 5.69 Å². The fourth-order valence-corrected chi connectivity index (χ4v) is 1.87. The number of non-ortho nitro benzene ring substituents is 1. The smallest absolute Gasteiger partial charge is 0.269 e.